The van der Waals surface area contributed by atoms with Crippen LogP contribution in [0, 0.1) is 0 Å². The van der Waals surface area contributed by atoms with Crippen molar-refractivity contribution >= 4 is 30.9 Å². The van der Waals surface area contributed by atoms with Crippen molar-refractivity contribution in [2.75, 3.05) is 19.8 Å². The molecule has 31 heavy (non-hydrogen) atoms. The summed E-state index contributed by atoms with van der Waals surface area (Å²) in [5.41, 5.74) is 4.56. The Morgan fingerprint density at radius 3 is 2.58 bits per heavy atom. The molecule has 0 radical (unpaired) electrons. The number of aliphatic hydroxyl groups is 1. The molecule has 0 aromatic heterocycles. The third kappa shape index (κ3) is 5.26. The van der Waals surface area contributed by atoms with Crippen LogP contribution in [-0.4, -0.2) is 48.5 Å². The number of thiol groups is 1. The summed E-state index contributed by atoms with van der Waals surface area (Å²) in [6.07, 6.45) is 1.82. The monoisotopic (exact) mass is 442 g/mol. The van der Waals surface area contributed by atoms with Crippen LogP contribution in [0.2, 0.25) is 0 Å². The Labute approximate surface area is 186 Å². The molecule has 8 heteroatoms. The third-order valence-corrected chi connectivity index (χ3v) is 5.58. The maximum Gasteiger partial charge on any atom is 0.408 e. The molecule has 3 N–H and O–H groups in total. The number of nitrogens with one attached hydrogen (secondary N) is 2. The summed E-state index contributed by atoms with van der Waals surface area (Å²) < 4.78 is 5.47. The lowest BCUT2D eigenvalue weighted by Gasteiger charge is -2.17. The number of carbonyl (C=O) groups is 3. The second-order valence-electron chi connectivity index (χ2n) is 7.35. The van der Waals surface area contributed by atoms with Crippen molar-refractivity contribution in [2.24, 2.45) is 0 Å². The number of amides is 2. The lowest BCUT2D eigenvalue weighted by atomic mass is 9.95. The largest absolute Gasteiger partial charge is 0.449 e. The van der Waals surface area contributed by atoms with E-state index in [1.165, 1.54) is 0 Å². The highest BCUT2D eigenvalue weighted by atomic mass is 32.1. The molecule has 0 heterocycles. The lowest BCUT2D eigenvalue weighted by Crippen LogP contribution is -2.32. The van der Waals surface area contributed by atoms with Gasteiger partial charge in [-0.15, -0.1) is 0 Å². The number of hydrogen-bond acceptors (Lipinski definition) is 6. The fourth-order valence-corrected chi connectivity index (χ4v) is 4.09. The highest BCUT2D eigenvalue weighted by Crippen LogP contribution is 2.45. The van der Waals surface area contributed by atoms with Crippen LogP contribution in [0.25, 0.3) is 11.1 Å². The van der Waals surface area contributed by atoms with Crippen LogP contribution < -0.4 is 10.6 Å². The van der Waals surface area contributed by atoms with E-state index in [-0.39, 0.29) is 37.0 Å². The van der Waals surface area contributed by atoms with Crippen LogP contribution in [-0.2, 0) is 4.74 Å². The first-order chi connectivity index (χ1) is 15.0. The predicted molar refractivity (Wildman–Crippen MR) is 121 cm³/mol. The minimum Gasteiger partial charge on any atom is -0.449 e. The van der Waals surface area contributed by atoms with E-state index in [0.29, 0.717) is 11.1 Å². The van der Waals surface area contributed by atoms with Gasteiger partial charge in [0, 0.05) is 23.6 Å². The van der Waals surface area contributed by atoms with E-state index in [4.69, 9.17) is 9.84 Å². The van der Waals surface area contributed by atoms with Crippen LogP contribution in [0.15, 0.2) is 36.4 Å². The number of alkyl carbamates (subject to hydrolysis) is 1. The molecular weight excluding hydrogens is 416 g/mol. The van der Waals surface area contributed by atoms with Crippen molar-refractivity contribution in [1.82, 2.24) is 10.6 Å². The number of ether oxygens (including phenoxy) is 1. The highest BCUT2D eigenvalue weighted by molar-refractivity contribution is 7.80. The Balaban J connectivity index is 1.88. The molecule has 1 aliphatic rings. The van der Waals surface area contributed by atoms with Crippen LogP contribution in [0.1, 0.15) is 57.5 Å². The summed E-state index contributed by atoms with van der Waals surface area (Å²) in [4.78, 5) is 35.9. The third-order valence-electron chi connectivity index (χ3n) is 5.19. The topological polar surface area (TPSA) is 105 Å². The maximum absolute atomic E-state index is 12.4. The van der Waals surface area contributed by atoms with Gasteiger partial charge in [0.05, 0.1) is 12.0 Å². The van der Waals surface area contributed by atoms with E-state index in [1.807, 2.05) is 19.1 Å². The zero-order chi connectivity index (χ0) is 22.4. The molecule has 0 saturated carbocycles. The summed E-state index contributed by atoms with van der Waals surface area (Å²) in [5, 5.41) is 14.0. The van der Waals surface area contributed by atoms with Gasteiger partial charge in [-0.1, -0.05) is 31.5 Å². The molecule has 2 unspecified atom stereocenters. The fourth-order valence-electron chi connectivity index (χ4n) is 3.73. The number of carbonyl (C=O) groups excluding carboxylic acids is 3. The number of aliphatic hydroxyl groups excluding tert-OH is 1. The summed E-state index contributed by atoms with van der Waals surface area (Å²) in [6.45, 7) is 2.07. The predicted octanol–water partition coefficient (Wildman–Crippen LogP) is 3.12. The zero-order valence-corrected chi connectivity index (χ0v) is 18.2. The van der Waals surface area contributed by atoms with E-state index in [2.05, 4.69) is 23.3 Å². The summed E-state index contributed by atoms with van der Waals surface area (Å²) in [5.74, 6) is -0.609. The van der Waals surface area contributed by atoms with E-state index in [9.17, 15) is 14.4 Å². The normalized spacial score (nSPS) is 14.9. The SMILES string of the molecule is CCCC(S)NC(=O)OCC1c2cc(C=O)ccc2-c2ccc(C(=O)NCCO)cc21. The van der Waals surface area contributed by atoms with Crippen molar-refractivity contribution in [3.63, 3.8) is 0 Å². The second-order valence-corrected chi connectivity index (χ2v) is 7.97. The average Bonchev–Trinajstić information content (AvgIpc) is 3.08. The van der Waals surface area contributed by atoms with Crippen LogP contribution in [0.3, 0.4) is 0 Å². The number of aldehydes is 1. The molecule has 2 atom stereocenters. The van der Waals surface area contributed by atoms with Crippen LogP contribution in [0.4, 0.5) is 4.79 Å². The van der Waals surface area contributed by atoms with Gasteiger partial charge in [0.25, 0.3) is 5.91 Å². The molecule has 3 rings (SSSR count). The van der Waals surface area contributed by atoms with E-state index in [0.717, 1.165) is 41.4 Å². The molecule has 0 fully saturated rings. The molecule has 0 bridgehead atoms. The van der Waals surface area contributed by atoms with E-state index < -0.39 is 6.09 Å². The van der Waals surface area contributed by atoms with Crippen molar-refractivity contribution < 1.29 is 24.2 Å². The Hall–Kier alpha value is -2.84. The standard InChI is InChI=1S/C23H26N2O5S/c1-2-3-21(31)25-23(29)30-13-20-18-10-14(12-27)4-6-16(18)17-7-5-15(11-19(17)20)22(28)24-8-9-26/h4-7,10-12,20-21,26,31H,2-3,8-9,13H2,1H3,(H,24,28)(H,25,29). The number of hydrogen-bond donors (Lipinski definition) is 4. The van der Waals surface area contributed by atoms with Crippen LogP contribution in [0.5, 0.6) is 0 Å². The quantitative estimate of drug-likeness (QED) is 0.271. The lowest BCUT2D eigenvalue weighted by molar-refractivity contribution is 0.0944. The van der Waals surface area contributed by atoms with Gasteiger partial charge in [-0.05, 0) is 46.9 Å². The average molecular weight is 443 g/mol. The van der Waals surface area contributed by atoms with E-state index >= 15 is 0 Å². The Morgan fingerprint density at radius 1 is 1.19 bits per heavy atom. The first kappa shape index (κ1) is 22.8. The van der Waals surface area contributed by atoms with Gasteiger partial charge in [0.2, 0.25) is 0 Å². The summed E-state index contributed by atoms with van der Waals surface area (Å²) in [6, 6.07) is 10.7. The maximum atomic E-state index is 12.4. The van der Waals surface area contributed by atoms with Gasteiger partial charge < -0.3 is 20.5 Å². The van der Waals surface area contributed by atoms with Gasteiger partial charge >= 0.3 is 6.09 Å². The molecule has 2 aromatic carbocycles. The van der Waals surface area contributed by atoms with Gasteiger partial charge in [0.1, 0.15) is 12.9 Å². The summed E-state index contributed by atoms with van der Waals surface area (Å²) >= 11 is 4.32. The van der Waals surface area contributed by atoms with Crippen molar-refractivity contribution in [1.29, 1.82) is 0 Å². The molecule has 2 amide bonds. The Morgan fingerprint density at radius 2 is 1.90 bits per heavy atom. The second kappa shape index (κ2) is 10.5. The number of benzene rings is 2. The smallest absolute Gasteiger partial charge is 0.408 e. The highest BCUT2D eigenvalue weighted by Gasteiger charge is 2.31. The van der Waals surface area contributed by atoms with Crippen molar-refractivity contribution in [2.45, 2.75) is 31.1 Å². The van der Waals surface area contributed by atoms with Gasteiger partial charge in [0.15, 0.2) is 0 Å². The zero-order valence-electron chi connectivity index (χ0n) is 17.3. The van der Waals surface area contributed by atoms with Gasteiger partial charge in [-0.3, -0.25) is 9.59 Å². The number of rotatable bonds is 9. The van der Waals surface area contributed by atoms with Gasteiger partial charge in [-0.25, -0.2) is 4.79 Å². The molecular formula is C23H26N2O5S. The minimum absolute atomic E-state index is 0.0580. The molecule has 7 nitrogen and oxygen atoms in total. The van der Waals surface area contributed by atoms with Crippen molar-refractivity contribution in [3.05, 3.63) is 58.7 Å². The minimum atomic E-state index is -0.563. The Kier molecular flexibility index (Phi) is 7.70. The molecule has 164 valence electrons. The molecule has 0 aliphatic heterocycles. The van der Waals surface area contributed by atoms with Crippen molar-refractivity contribution in [3.8, 4) is 11.1 Å². The molecule has 0 spiro atoms. The van der Waals surface area contributed by atoms with Crippen LogP contribution >= 0.6 is 12.6 Å². The first-order valence-corrected chi connectivity index (χ1v) is 10.7. The first-order valence-electron chi connectivity index (χ1n) is 10.2. The number of fused-ring (bicyclic) bond motifs is 3. The van der Waals surface area contributed by atoms with Gasteiger partial charge in [-0.2, -0.15) is 12.6 Å². The molecule has 2 aromatic rings. The Bertz CT molecular complexity index is 978. The molecule has 0 saturated heterocycles. The van der Waals surface area contributed by atoms with E-state index in [1.54, 1.807) is 24.3 Å². The fraction of sp³-hybridized carbons (Fsp3) is 0.348. The summed E-state index contributed by atoms with van der Waals surface area (Å²) in [7, 11) is 0. The molecule has 1 aliphatic carbocycles.